The summed E-state index contributed by atoms with van der Waals surface area (Å²) < 4.78 is 19.8. The van der Waals surface area contributed by atoms with Crippen molar-refractivity contribution >= 4 is 5.97 Å². The maximum absolute atomic E-state index is 11.1. The summed E-state index contributed by atoms with van der Waals surface area (Å²) in [6, 6.07) is 0. The van der Waals surface area contributed by atoms with Crippen LogP contribution in [0.1, 0.15) is 134 Å². The van der Waals surface area contributed by atoms with E-state index in [9.17, 15) is 9.90 Å². The number of ether oxygens (including phenoxy) is 3. The summed E-state index contributed by atoms with van der Waals surface area (Å²) in [5, 5.41) is 20.1. The Kier molecular flexibility index (Phi) is 9.58. The normalized spacial score (nSPS) is 46.7. The fourth-order valence-corrected chi connectivity index (χ4v) is 12.9. The van der Waals surface area contributed by atoms with Gasteiger partial charge in [-0.15, -0.1) is 0 Å². The number of nitrogens with zero attached hydrogens (tertiary/aromatic N) is 1. The van der Waals surface area contributed by atoms with Crippen molar-refractivity contribution in [2.75, 3.05) is 26.2 Å². The van der Waals surface area contributed by atoms with Crippen LogP contribution in [0.5, 0.6) is 0 Å². The van der Waals surface area contributed by atoms with Crippen LogP contribution in [0.4, 0.5) is 0 Å². The molecular formula is C39H69NO6. The smallest absolute Gasteiger partial charge is 0.303 e. The molecule has 7 fully saturated rings. The Hall–Kier alpha value is -0.730. The molecule has 7 rings (SSSR count). The number of fused-ring (bicyclic) bond motifs is 4. The van der Waals surface area contributed by atoms with Crippen molar-refractivity contribution in [2.24, 2.45) is 50.7 Å². The molecule has 0 radical (unpaired) electrons. The summed E-state index contributed by atoms with van der Waals surface area (Å²) in [6.07, 6.45) is 13.5. The highest BCUT2D eigenvalue weighted by Crippen LogP contribution is 2.87. The van der Waals surface area contributed by atoms with Gasteiger partial charge in [0.1, 0.15) is 0 Å². The lowest BCUT2D eigenvalue weighted by molar-refractivity contribution is -0.245. The fraction of sp³-hybridized carbons (Fsp3) is 0.974. The number of carbonyl (C=O) groups is 1. The van der Waals surface area contributed by atoms with E-state index < -0.39 is 12.1 Å². The molecule has 2 aliphatic heterocycles. The average Bonchev–Trinajstić information content (AvgIpc) is 3.58. The molecule has 0 aromatic heterocycles. The van der Waals surface area contributed by atoms with E-state index in [0.29, 0.717) is 47.2 Å². The van der Waals surface area contributed by atoms with Gasteiger partial charge in [0.25, 0.3) is 0 Å². The van der Waals surface area contributed by atoms with E-state index in [0.717, 1.165) is 44.3 Å². The third-order valence-corrected chi connectivity index (χ3v) is 15.1. The van der Waals surface area contributed by atoms with E-state index in [-0.39, 0.29) is 37.2 Å². The molecule has 266 valence electrons. The molecule has 46 heavy (non-hydrogen) atoms. The van der Waals surface area contributed by atoms with Gasteiger partial charge in [-0.2, -0.15) is 0 Å². The molecule has 2 heterocycles. The van der Waals surface area contributed by atoms with E-state index in [1.54, 1.807) is 0 Å². The van der Waals surface area contributed by atoms with Crippen LogP contribution >= 0.6 is 0 Å². The zero-order valence-electron chi connectivity index (χ0n) is 30.5. The first kappa shape index (κ1) is 35.1. The van der Waals surface area contributed by atoms with Gasteiger partial charge in [0.05, 0.1) is 31.0 Å². The number of aliphatic hydroxyl groups excluding tert-OH is 1. The summed E-state index contributed by atoms with van der Waals surface area (Å²) >= 11 is 0. The van der Waals surface area contributed by atoms with Crippen molar-refractivity contribution in [3.05, 3.63) is 0 Å². The highest BCUT2D eigenvalue weighted by molar-refractivity contribution is 5.66. The minimum Gasteiger partial charge on any atom is -0.481 e. The van der Waals surface area contributed by atoms with Crippen molar-refractivity contribution in [3.8, 4) is 0 Å². The number of aliphatic carboxylic acids is 1. The maximum atomic E-state index is 11.1. The number of morpholine rings is 1. The molecule has 5 aliphatic carbocycles. The number of carboxylic acid groups (broad SMARTS) is 1. The first-order valence-electron chi connectivity index (χ1n) is 19.3. The molecule has 0 bridgehead atoms. The van der Waals surface area contributed by atoms with Crippen LogP contribution in [0.3, 0.4) is 0 Å². The van der Waals surface area contributed by atoms with Crippen molar-refractivity contribution in [2.45, 2.75) is 163 Å². The third-order valence-electron chi connectivity index (χ3n) is 15.1. The molecule has 7 aliphatic rings. The molecule has 0 aromatic rings. The van der Waals surface area contributed by atoms with Crippen molar-refractivity contribution in [1.29, 1.82) is 0 Å². The Morgan fingerprint density at radius 2 is 1.74 bits per heavy atom. The fourth-order valence-electron chi connectivity index (χ4n) is 12.9. The zero-order valence-corrected chi connectivity index (χ0v) is 30.5. The van der Waals surface area contributed by atoms with E-state index in [2.05, 4.69) is 46.4 Å². The van der Waals surface area contributed by atoms with Crippen LogP contribution in [-0.4, -0.2) is 78.0 Å². The monoisotopic (exact) mass is 648 g/mol. The Bertz CT molecular complexity index is 1110. The number of aliphatic hydroxyl groups is 1. The second-order valence-electron chi connectivity index (χ2n) is 18.4. The first-order chi connectivity index (χ1) is 21.7. The number of rotatable bonds is 7. The molecule has 2 spiro atoms. The van der Waals surface area contributed by atoms with Crippen molar-refractivity contribution < 1.29 is 30.6 Å². The van der Waals surface area contributed by atoms with Crippen LogP contribution in [0, 0.1) is 50.7 Å². The summed E-state index contributed by atoms with van der Waals surface area (Å²) in [5.74, 6) is 2.23. The number of hydrogen-bond acceptors (Lipinski definition) is 6. The predicted molar refractivity (Wildman–Crippen MR) is 182 cm³/mol. The minimum absolute atomic E-state index is 0. The Balaban J connectivity index is 0.00000142. The maximum Gasteiger partial charge on any atom is 0.303 e. The van der Waals surface area contributed by atoms with Gasteiger partial charge in [-0.1, -0.05) is 55.4 Å². The van der Waals surface area contributed by atoms with Crippen LogP contribution in [-0.2, 0) is 19.0 Å². The molecule has 2 N–H and O–H groups in total. The van der Waals surface area contributed by atoms with Crippen LogP contribution in [0.25, 0.3) is 0 Å². The third kappa shape index (κ3) is 5.62. The van der Waals surface area contributed by atoms with E-state index in [1.807, 2.05) is 13.8 Å². The molecule has 2 saturated heterocycles. The van der Waals surface area contributed by atoms with Crippen molar-refractivity contribution in [3.63, 3.8) is 0 Å². The highest BCUT2D eigenvalue weighted by Gasteiger charge is 2.80. The van der Waals surface area contributed by atoms with E-state index >= 15 is 0 Å². The van der Waals surface area contributed by atoms with Gasteiger partial charge in [-0.3, -0.25) is 9.69 Å². The SMILES string of the molecule is CC.CC12CCC34C[C@@]35CC[C@H](OC3CN(CCCC(=O)O)CCO3)C(C)(C)C5CCC4C1CC1OC([C@H](O)C(C)(C)C)CCC12.[HH]. The van der Waals surface area contributed by atoms with Gasteiger partial charge >= 0.3 is 5.97 Å². The number of hydrogen-bond donors (Lipinski definition) is 2. The van der Waals surface area contributed by atoms with Crippen LogP contribution in [0.15, 0.2) is 0 Å². The summed E-state index contributed by atoms with van der Waals surface area (Å²) in [4.78, 5) is 13.3. The molecule has 0 amide bonds. The Morgan fingerprint density at radius 3 is 2.46 bits per heavy atom. The van der Waals surface area contributed by atoms with Gasteiger partial charge in [-0.25, -0.2) is 0 Å². The zero-order chi connectivity index (χ0) is 33.3. The summed E-state index contributed by atoms with van der Waals surface area (Å²) in [7, 11) is 0. The average molecular weight is 648 g/mol. The minimum atomic E-state index is -0.719. The van der Waals surface area contributed by atoms with Crippen LogP contribution in [0.2, 0.25) is 0 Å². The molecule has 9 unspecified atom stereocenters. The lowest BCUT2D eigenvalue weighted by Gasteiger charge is -2.60. The molecule has 7 heteroatoms. The van der Waals surface area contributed by atoms with E-state index in [1.165, 1.54) is 51.4 Å². The van der Waals surface area contributed by atoms with Gasteiger partial charge in [-0.05, 0) is 128 Å². The second-order valence-corrected chi connectivity index (χ2v) is 18.4. The molecule has 12 atom stereocenters. The predicted octanol–water partition coefficient (Wildman–Crippen LogP) is 7.78. The largest absolute Gasteiger partial charge is 0.481 e. The van der Waals surface area contributed by atoms with Crippen molar-refractivity contribution in [1.82, 2.24) is 4.90 Å². The molecule has 0 aromatic carbocycles. The van der Waals surface area contributed by atoms with Gasteiger partial charge in [0.2, 0.25) is 0 Å². The lowest BCUT2D eigenvalue weighted by Crippen LogP contribution is -2.56. The topological polar surface area (TPSA) is 88.5 Å². The Morgan fingerprint density at radius 1 is 1.00 bits per heavy atom. The quantitative estimate of drug-likeness (QED) is 0.292. The van der Waals surface area contributed by atoms with Gasteiger partial charge in [0, 0.05) is 20.9 Å². The molecule has 7 nitrogen and oxygen atoms in total. The second kappa shape index (κ2) is 12.5. The highest BCUT2D eigenvalue weighted by atomic mass is 16.7. The first-order valence-corrected chi connectivity index (χ1v) is 19.3. The van der Waals surface area contributed by atoms with E-state index in [4.69, 9.17) is 19.3 Å². The lowest BCUT2D eigenvalue weighted by atomic mass is 9.46. The standard InChI is InChI=1S/C37H61NO6.C2H6.H2/c1-33(2,3)32(41)26-11-9-24-27(43-26)20-25-23-10-12-28-34(4,5)29(13-14-37(28)22-36(23,37)16-15-35(24,25)6)44-31-21-38(18-19-42-31)17-7-8-30(39)40;1-2;/h23-29,31-32,41H,7-22H2,1-6H3,(H,39,40);1-2H3;1H/t23?,24?,25?,26?,27?,28?,29-,31?,32-,35?,36?,37+;;/m0../s1. The van der Waals surface area contributed by atoms with Crippen LogP contribution < -0.4 is 0 Å². The molecular weight excluding hydrogens is 578 g/mol. The summed E-state index contributed by atoms with van der Waals surface area (Å²) in [6.45, 7) is 21.1. The summed E-state index contributed by atoms with van der Waals surface area (Å²) in [5.41, 5.74) is 1.36. The Labute approximate surface area is 281 Å². The van der Waals surface area contributed by atoms with Gasteiger partial charge < -0.3 is 24.4 Å². The number of carboxylic acids is 1. The van der Waals surface area contributed by atoms with Gasteiger partial charge in [0.15, 0.2) is 6.29 Å². The molecule has 5 saturated carbocycles.